The van der Waals surface area contributed by atoms with Gasteiger partial charge in [-0.05, 0) is 54.7 Å². The number of amides is 2. The first-order valence-electron chi connectivity index (χ1n) is 12.9. The molecular weight excluding hydrogens is 478 g/mol. The summed E-state index contributed by atoms with van der Waals surface area (Å²) < 4.78 is 0. The lowest BCUT2D eigenvalue weighted by Gasteiger charge is -2.36. The van der Waals surface area contributed by atoms with Crippen molar-refractivity contribution in [1.82, 2.24) is 4.98 Å². The van der Waals surface area contributed by atoms with Gasteiger partial charge in [-0.15, -0.1) is 11.3 Å². The zero-order valence-corrected chi connectivity index (χ0v) is 22.7. The predicted octanol–water partition coefficient (Wildman–Crippen LogP) is 7.16. The summed E-state index contributed by atoms with van der Waals surface area (Å²) >= 11 is 1.51. The number of thiophene rings is 1. The molecule has 1 atom stereocenters. The second kappa shape index (κ2) is 9.75. The number of hydrogen-bond acceptors (Lipinski definition) is 4. The Morgan fingerprint density at radius 1 is 1.08 bits per heavy atom. The van der Waals surface area contributed by atoms with E-state index >= 15 is 0 Å². The highest BCUT2D eigenvalue weighted by Crippen LogP contribution is 2.45. The first kappa shape index (κ1) is 25.2. The number of aromatic nitrogens is 1. The van der Waals surface area contributed by atoms with Gasteiger partial charge in [0.05, 0.1) is 22.3 Å². The van der Waals surface area contributed by atoms with E-state index in [1.54, 1.807) is 0 Å². The number of benzene rings is 2. The van der Waals surface area contributed by atoms with Crippen LogP contribution in [-0.2, 0) is 12.8 Å². The minimum Gasteiger partial charge on any atom is -0.365 e. The zero-order valence-electron chi connectivity index (χ0n) is 21.9. The minimum atomic E-state index is -0.484. The van der Waals surface area contributed by atoms with Crippen molar-refractivity contribution >= 4 is 39.1 Å². The summed E-state index contributed by atoms with van der Waals surface area (Å²) in [4.78, 5) is 32.6. The summed E-state index contributed by atoms with van der Waals surface area (Å²) in [5.41, 5.74) is 11.4. The van der Waals surface area contributed by atoms with Crippen molar-refractivity contribution < 1.29 is 9.59 Å². The van der Waals surface area contributed by atoms with Crippen molar-refractivity contribution in [2.75, 3.05) is 5.32 Å². The van der Waals surface area contributed by atoms with Gasteiger partial charge in [-0.2, -0.15) is 0 Å². The standard InChI is InChI=1S/C31H33N3O2S/c1-5-31(3,4)20-15-16-22-24(17-20)37-30(26(22)28(32)35)34-29(36)25-18(2)27(19-11-7-6-8-12-19)33-23-14-10-9-13-21(23)25/h6-14,20H,5,15-17H2,1-4H3,(H2,32,35)(H,34,36). The lowest BCUT2D eigenvalue weighted by Crippen LogP contribution is -2.29. The monoisotopic (exact) mass is 511 g/mol. The van der Waals surface area contributed by atoms with Crippen molar-refractivity contribution in [3.05, 3.63) is 81.7 Å². The maximum absolute atomic E-state index is 13.9. The molecule has 5 nitrogen and oxygen atoms in total. The smallest absolute Gasteiger partial charge is 0.257 e. The second-order valence-corrected chi connectivity index (χ2v) is 11.8. The molecule has 2 aromatic heterocycles. The fourth-order valence-electron chi connectivity index (χ4n) is 5.53. The molecule has 2 heterocycles. The van der Waals surface area contributed by atoms with Crippen molar-refractivity contribution in [3.63, 3.8) is 0 Å². The fourth-order valence-corrected chi connectivity index (χ4v) is 6.86. The van der Waals surface area contributed by atoms with Crippen molar-refractivity contribution in [2.24, 2.45) is 17.1 Å². The molecule has 6 heteroatoms. The number of nitrogens with zero attached hydrogens (tertiary/aromatic N) is 1. The van der Waals surface area contributed by atoms with Gasteiger partial charge in [0.25, 0.3) is 11.8 Å². The summed E-state index contributed by atoms with van der Waals surface area (Å²) in [6, 6.07) is 17.6. The van der Waals surface area contributed by atoms with Gasteiger partial charge in [0.1, 0.15) is 5.00 Å². The maximum Gasteiger partial charge on any atom is 0.257 e. The number of nitrogens with one attached hydrogen (secondary N) is 1. The molecule has 2 amide bonds. The summed E-state index contributed by atoms with van der Waals surface area (Å²) in [6.07, 6.45) is 3.84. The van der Waals surface area contributed by atoms with Gasteiger partial charge < -0.3 is 11.1 Å². The molecule has 0 saturated carbocycles. The van der Waals surface area contributed by atoms with Crippen LogP contribution in [0.5, 0.6) is 0 Å². The Kier molecular flexibility index (Phi) is 6.63. The molecule has 5 rings (SSSR count). The average molecular weight is 512 g/mol. The van der Waals surface area contributed by atoms with Crippen LogP contribution in [0.25, 0.3) is 22.2 Å². The number of pyridine rings is 1. The Hall–Kier alpha value is -3.51. The summed E-state index contributed by atoms with van der Waals surface area (Å²) in [6.45, 7) is 8.79. The molecule has 1 aliphatic carbocycles. The van der Waals surface area contributed by atoms with Gasteiger partial charge in [0, 0.05) is 15.8 Å². The number of carbonyl (C=O) groups excluding carboxylic acids is 2. The van der Waals surface area contributed by atoms with E-state index in [1.807, 2.05) is 61.5 Å². The fraction of sp³-hybridized carbons (Fsp3) is 0.323. The van der Waals surface area contributed by atoms with Crippen LogP contribution in [0.15, 0.2) is 54.6 Å². The van der Waals surface area contributed by atoms with Gasteiger partial charge in [-0.1, -0.05) is 75.7 Å². The van der Waals surface area contributed by atoms with Gasteiger partial charge in [-0.25, -0.2) is 4.98 Å². The van der Waals surface area contributed by atoms with E-state index in [9.17, 15) is 9.59 Å². The van der Waals surface area contributed by atoms with E-state index < -0.39 is 5.91 Å². The molecule has 37 heavy (non-hydrogen) atoms. The third-order valence-corrected chi connectivity index (χ3v) is 9.34. The highest BCUT2D eigenvalue weighted by molar-refractivity contribution is 7.17. The first-order chi connectivity index (χ1) is 17.7. The van der Waals surface area contributed by atoms with E-state index in [0.29, 0.717) is 22.0 Å². The Bertz CT molecular complexity index is 1500. The molecule has 0 saturated heterocycles. The van der Waals surface area contributed by atoms with E-state index in [1.165, 1.54) is 16.2 Å². The number of primary amides is 1. The number of anilines is 1. The molecule has 2 aromatic carbocycles. The number of hydrogen-bond donors (Lipinski definition) is 2. The van der Waals surface area contributed by atoms with Gasteiger partial charge in [-0.3, -0.25) is 9.59 Å². The molecule has 4 aromatic rings. The quantitative estimate of drug-likeness (QED) is 0.288. The summed E-state index contributed by atoms with van der Waals surface area (Å²) in [7, 11) is 0. The van der Waals surface area contributed by atoms with Crippen molar-refractivity contribution in [1.29, 1.82) is 0 Å². The van der Waals surface area contributed by atoms with Crippen LogP contribution in [0, 0.1) is 18.3 Å². The van der Waals surface area contributed by atoms with Gasteiger partial charge >= 0.3 is 0 Å². The molecular formula is C31H33N3O2S. The van der Waals surface area contributed by atoms with Crippen molar-refractivity contribution in [3.8, 4) is 11.3 Å². The summed E-state index contributed by atoms with van der Waals surface area (Å²) in [5, 5.41) is 4.43. The predicted molar refractivity (Wildman–Crippen MR) is 152 cm³/mol. The lowest BCUT2D eigenvalue weighted by molar-refractivity contribution is 0.0999. The number of fused-ring (bicyclic) bond motifs is 2. The van der Waals surface area contributed by atoms with Crippen LogP contribution in [0.2, 0.25) is 0 Å². The molecule has 1 unspecified atom stereocenters. The van der Waals surface area contributed by atoms with Crippen LogP contribution in [0.3, 0.4) is 0 Å². The van der Waals surface area contributed by atoms with E-state index in [4.69, 9.17) is 10.7 Å². The molecule has 190 valence electrons. The number of carbonyl (C=O) groups is 2. The van der Waals surface area contributed by atoms with Crippen LogP contribution >= 0.6 is 11.3 Å². The third-order valence-electron chi connectivity index (χ3n) is 8.17. The minimum absolute atomic E-state index is 0.221. The molecule has 0 spiro atoms. The number of rotatable bonds is 6. The summed E-state index contributed by atoms with van der Waals surface area (Å²) in [5.74, 6) is -0.199. The molecule has 0 fully saturated rings. The second-order valence-electron chi connectivity index (χ2n) is 10.7. The Morgan fingerprint density at radius 3 is 2.49 bits per heavy atom. The SMILES string of the molecule is CCC(C)(C)C1CCc2c(sc(NC(=O)c3c(C)c(-c4ccccc4)nc4ccccc34)c2C(N)=O)C1. The highest BCUT2D eigenvalue weighted by atomic mass is 32.1. The molecule has 3 N–H and O–H groups in total. The molecule has 1 aliphatic rings. The Morgan fingerprint density at radius 2 is 1.78 bits per heavy atom. The van der Waals surface area contributed by atoms with Crippen LogP contribution in [-0.4, -0.2) is 16.8 Å². The lowest BCUT2D eigenvalue weighted by atomic mass is 9.69. The van der Waals surface area contributed by atoms with E-state index in [2.05, 4.69) is 26.1 Å². The normalized spacial score (nSPS) is 15.4. The van der Waals surface area contributed by atoms with Gasteiger partial charge in [0.2, 0.25) is 0 Å². The van der Waals surface area contributed by atoms with Crippen LogP contribution < -0.4 is 11.1 Å². The zero-order chi connectivity index (χ0) is 26.3. The Labute approximate surface area is 222 Å². The Balaban J connectivity index is 1.57. The largest absolute Gasteiger partial charge is 0.365 e. The number of para-hydroxylation sites is 1. The number of nitrogens with two attached hydrogens (primary N) is 1. The maximum atomic E-state index is 13.9. The van der Waals surface area contributed by atoms with E-state index in [0.717, 1.165) is 59.0 Å². The topological polar surface area (TPSA) is 85.1 Å². The average Bonchev–Trinajstić information content (AvgIpc) is 3.26. The third kappa shape index (κ3) is 4.55. The van der Waals surface area contributed by atoms with Crippen LogP contribution in [0.1, 0.15) is 70.3 Å². The van der Waals surface area contributed by atoms with Gasteiger partial charge in [0.15, 0.2) is 0 Å². The first-order valence-corrected chi connectivity index (χ1v) is 13.7. The van der Waals surface area contributed by atoms with E-state index in [-0.39, 0.29) is 11.3 Å². The molecule has 0 aliphatic heterocycles. The molecule has 0 radical (unpaired) electrons. The van der Waals surface area contributed by atoms with Crippen molar-refractivity contribution in [2.45, 2.75) is 53.4 Å². The highest BCUT2D eigenvalue weighted by Gasteiger charge is 2.35. The molecule has 0 bridgehead atoms. The van der Waals surface area contributed by atoms with Crippen LogP contribution in [0.4, 0.5) is 5.00 Å².